The van der Waals surface area contributed by atoms with Gasteiger partial charge in [0.25, 0.3) is 0 Å². The molecule has 3 heterocycles. The van der Waals surface area contributed by atoms with Crippen molar-refractivity contribution < 1.29 is 4.79 Å². The quantitative estimate of drug-likeness (QED) is 0.735. The van der Waals surface area contributed by atoms with E-state index in [9.17, 15) is 4.79 Å². The number of fused-ring (bicyclic) bond motifs is 2. The Morgan fingerprint density at radius 1 is 1.29 bits per heavy atom. The number of amides is 1. The van der Waals surface area contributed by atoms with Crippen molar-refractivity contribution in [1.29, 1.82) is 0 Å². The first-order valence-electron chi connectivity index (χ1n) is 8.14. The van der Waals surface area contributed by atoms with Crippen LogP contribution in [0, 0.1) is 0 Å². The summed E-state index contributed by atoms with van der Waals surface area (Å²) in [6, 6.07) is 12.4. The molecule has 1 aliphatic heterocycles. The Balaban J connectivity index is 1.49. The molecule has 3 aromatic rings. The van der Waals surface area contributed by atoms with Crippen LogP contribution in [-0.2, 0) is 11.3 Å². The van der Waals surface area contributed by atoms with Gasteiger partial charge in [0.2, 0.25) is 5.91 Å². The van der Waals surface area contributed by atoms with E-state index in [0.717, 1.165) is 28.4 Å². The van der Waals surface area contributed by atoms with E-state index in [1.165, 1.54) is 5.69 Å². The fourth-order valence-corrected chi connectivity index (χ4v) is 4.18. The maximum atomic E-state index is 12.7. The summed E-state index contributed by atoms with van der Waals surface area (Å²) in [5, 5.41) is 0.759. The molecule has 0 N–H and O–H groups in total. The maximum absolute atomic E-state index is 12.7. The molecule has 0 aliphatic carbocycles. The minimum absolute atomic E-state index is 0.0842. The SMILES string of the molecule is C[C@@H]1c2cccn2CCN1CC(=O)N(C)c1nc2ccccc2s1. The molecule has 24 heavy (non-hydrogen) atoms. The van der Waals surface area contributed by atoms with E-state index in [1.54, 1.807) is 16.2 Å². The third-order valence-corrected chi connectivity index (χ3v) is 5.86. The smallest absolute Gasteiger partial charge is 0.242 e. The molecule has 1 aromatic carbocycles. The average Bonchev–Trinajstić information content (AvgIpc) is 3.23. The number of aromatic nitrogens is 2. The van der Waals surface area contributed by atoms with Crippen LogP contribution < -0.4 is 4.90 Å². The summed E-state index contributed by atoms with van der Waals surface area (Å²) in [7, 11) is 1.82. The molecule has 0 unspecified atom stereocenters. The largest absolute Gasteiger partial charge is 0.349 e. The number of carbonyl (C=O) groups is 1. The number of hydrogen-bond donors (Lipinski definition) is 0. The van der Waals surface area contributed by atoms with Gasteiger partial charge in [-0.2, -0.15) is 0 Å². The number of rotatable bonds is 3. The molecule has 0 spiro atoms. The zero-order valence-electron chi connectivity index (χ0n) is 13.8. The third-order valence-electron chi connectivity index (χ3n) is 4.75. The highest BCUT2D eigenvalue weighted by molar-refractivity contribution is 7.22. The van der Waals surface area contributed by atoms with E-state index in [4.69, 9.17) is 0 Å². The molecule has 0 bridgehead atoms. The predicted molar refractivity (Wildman–Crippen MR) is 97.5 cm³/mol. The van der Waals surface area contributed by atoms with Gasteiger partial charge in [0.05, 0.1) is 16.8 Å². The van der Waals surface area contributed by atoms with Crippen LogP contribution in [0.4, 0.5) is 5.13 Å². The maximum Gasteiger partial charge on any atom is 0.242 e. The van der Waals surface area contributed by atoms with Crippen LogP contribution in [0.2, 0.25) is 0 Å². The summed E-state index contributed by atoms with van der Waals surface area (Å²) >= 11 is 1.56. The van der Waals surface area contributed by atoms with Crippen molar-refractivity contribution in [3.8, 4) is 0 Å². The Labute approximate surface area is 145 Å². The van der Waals surface area contributed by atoms with Gasteiger partial charge < -0.3 is 4.57 Å². The Hall–Kier alpha value is -2.18. The van der Waals surface area contributed by atoms with Gasteiger partial charge >= 0.3 is 0 Å². The van der Waals surface area contributed by atoms with Crippen LogP contribution in [-0.4, -0.2) is 40.5 Å². The van der Waals surface area contributed by atoms with Gasteiger partial charge in [-0.3, -0.25) is 14.6 Å². The standard InChI is InChI=1S/C18H20N4OS/c1-13-15-7-5-9-21(15)10-11-22(13)12-17(23)20(2)18-19-14-6-3-4-8-16(14)24-18/h3-9,13H,10-12H2,1-2H3/t13-/m1/s1. The van der Waals surface area contributed by atoms with Crippen LogP contribution in [0.5, 0.6) is 0 Å². The Bertz CT molecular complexity index is 851. The Morgan fingerprint density at radius 3 is 2.96 bits per heavy atom. The van der Waals surface area contributed by atoms with Gasteiger partial charge in [0.1, 0.15) is 0 Å². The molecule has 0 saturated carbocycles. The molecule has 6 heteroatoms. The van der Waals surface area contributed by atoms with Crippen LogP contribution >= 0.6 is 11.3 Å². The van der Waals surface area contributed by atoms with Crippen molar-refractivity contribution >= 4 is 32.6 Å². The zero-order valence-corrected chi connectivity index (χ0v) is 14.7. The highest BCUT2D eigenvalue weighted by Crippen LogP contribution is 2.29. The van der Waals surface area contributed by atoms with Gasteiger partial charge in [-0.1, -0.05) is 23.5 Å². The topological polar surface area (TPSA) is 41.4 Å². The molecule has 0 radical (unpaired) electrons. The highest BCUT2D eigenvalue weighted by atomic mass is 32.1. The number of anilines is 1. The molecule has 1 atom stereocenters. The molecule has 1 amide bonds. The number of benzene rings is 1. The number of nitrogens with zero attached hydrogens (tertiary/aromatic N) is 4. The second kappa shape index (κ2) is 6.03. The molecule has 2 aromatic heterocycles. The minimum Gasteiger partial charge on any atom is -0.349 e. The van der Waals surface area contributed by atoms with E-state index in [0.29, 0.717) is 6.54 Å². The van der Waals surface area contributed by atoms with Crippen molar-refractivity contribution in [2.75, 3.05) is 25.0 Å². The normalized spacial score (nSPS) is 17.8. The summed E-state index contributed by atoms with van der Waals surface area (Å²) < 4.78 is 3.37. The van der Waals surface area contributed by atoms with Gasteiger partial charge in [0, 0.05) is 38.1 Å². The lowest BCUT2D eigenvalue weighted by molar-refractivity contribution is -0.120. The summed E-state index contributed by atoms with van der Waals surface area (Å²) in [5.74, 6) is 0.0842. The number of hydrogen-bond acceptors (Lipinski definition) is 4. The first-order valence-corrected chi connectivity index (χ1v) is 8.96. The first-order chi connectivity index (χ1) is 11.6. The van der Waals surface area contributed by atoms with Crippen LogP contribution in [0.1, 0.15) is 18.7 Å². The lowest BCUT2D eigenvalue weighted by atomic mass is 10.1. The number of carbonyl (C=O) groups excluding carboxylic acids is 1. The summed E-state index contributed by atoms with van der Waals surface area (Å²) in [4.78, 5) is 21.2. The molecular formula is C18H20N4OS. The predicted octanol–water partition coefficient (Wildman–Crippen LogP) is 3.14. The second-order valence-corrected chi connectivity index (χ2v) is 7.20. The zero-order chi connectivity index (χ0) is 16.7. The lowest BCUT2D eigenvalue weighted by Crippen LogP contribution is -2.43. The molecule has 0 saturated heterocycles. The summed E-state index contributed by atoms with van der Waals surface area (Å²) in [5.41, 5.74) is 2.22. The fraction of sp³-hybridized carbons (Fsp3) is 0.333. The first kappa shape index (κ1) is 15.4. The number of thiazole rings is 1. The molecule has 5 nitrogen and oxygen atoms in total. The van der Waals surface area contributed by atoms with Gasteiger partial charge in [-0.15, -0.1) is 0 Å². The Kier molecular flexibility index (Phi) is 3.86. The third kappa shape index (κ3) is 2.61. The van der Waals surface area contributed by atoms with E-state index in [2.05, 4.69) is 39.7 Å². The summed E-state index contributed by atoms with van der Waals surface area (Å²) in [6.45, 7) is 4.40. The monoisotopic (exact) mass is 340 g/mol. The van der Waals surface area contributed by atoms with Gasteiger partial charge in [0.15, 0.2) is 5.13 Å². The van der Waals surface area contributed by atoms with Gasteiger partial charge in [-0.25, -0.2) is 4.98 Å². The number of para-hydroxylation sites is 1. The van der Waals surface area contributed by atoms with Crippen molar-refractivity contribution in [1.82, 2.24) is 14.5 Å². The molecular weight excluding hydrogens is 320 g/mol. The van der Waals surface area contributed by atoms with Crippen molar-refractivity contribution in [3.05, 3.63) is 48.3 Å². The second-order valence-electron chi connectivity index (χ2n) is 6.19. The van der Waals surface area contributed by atoms with Crippen LogP contribution in [0.25, 0.3) is 10.2 Å². The average molecular weight is 340 g/mol. The lowest BCUT2D eigenvalue weighted by Gasteiger charge is -2.35. The van der Waals surface area contributed by atoms with E-state index >= 15 is 0 Å². The van der Waals surface area contributed by atoms with Crippen LogP contribution in [0.3, 0.4) is 0 Å². The minimum atomic E-state index is 0.0842. The van der Waals surface area contributed by atoms with Crippen molar-refractivity contribution in [2.24, 2.45) is 0 Å². The molecule has 0 fully saturated rings. The molecule has 4 rings (SSSR count). The van der Waals surface area contributed by atoms with E-state index < -0.39 is 0 Å². The summed E-state index contributed by atoms with van der Waals surface area (Å²) in [6.07, 6.45) is 2.11. The Morgan fingerprint density at radius 2 is 2.12 bits per heavy atom. The van der Waals surface area contributed by atoms with E-state index in [1.807, 2.05) is 31.3 Å². The highest BCUT2D eigenvalue weighted by Gasteiger charge is 2.27. The van der Waals surface area contributed by atoms with Gasteiger partial charge in [-0.05, 0) is 31.2 Å². The number of likely N-dealkylation sites (N-methyl/N-ethyl adjacent to an activating group) is 1. The van der Waals surface area contributed by atoms with Crippen molar-refractivity contribution in [2.45, 2.75) is 19.5 Å². The molecule has 1 aliphatic rings. The van der Waals surface area contributed by atoms with E-state index in [-0.39, 0.29) is 11.9 Å². The van der Waals surface area contributed by atoms with Crippen LogP contribution in [0.15, 0.2) is 42.6 Å². The van der Waals surface area contributed by atoms with Crippen molar-refractivity contribution in [3.63, 3.8) is 0 Å². The molecule has 124 valence electrons. The fourth-order valence-electron chi connectivity index (χ4n) is 3.23.